The van der Waals surface area contributed by atoms with Crippen molar-refractivity contribution in [1.82, 2.24) is 0 Å². The lowest BCUT2D eigenvalue weighted by molar-refractivity contribution is -0.148. The summed E-state index contributed by atoms with van der Waals surface area (Å²) in [6.45, 7) is 5.19. The summed E-state index contributed by atoms with van der Waals surface area (Å²) >= 11 is 0. The summed E-state index contributed by atoms with van der Waals surface area (Å²) in [5.74, 6) is 1.01. The number of carbonyl (C=O) groups excluding carboxylic acids is 2. The molecule has 30 heavy (non-hydrogen) atoms. The minimum absolute atomic E-state index is 0.420. The van der Waals surface area contributed by atoms with Crippen LogP contribution >= 0.6 is 0 Å². The molecule has 7 nitrogen and oxygen atoms in total. The van der Waals surface area contributed by atoms with Crippen LogP contribution in [0.25, 0.3) is 6.08 Å². The molecular formula is C23H25NO6. The van der Waals surface area contributed by atoms with Gasteiger partial charge in [0.1, 0.15) is 5.75 Å². The Morgan fingerprint density at radius 2 is 1.83 bits per heavy atom. The van der Waals surface area contributed by atoms with Gasteiger partial charge in [-0.25, -0.2) is 4.79 Å². The van der Waals surface area contributed by atoms with Gasteiger partial charge >= 0.3 is 5.97 Å². The fraction of sp³-hybridized carbons (Fsp3) is 0.304. The lowest BCUT2D eigenvalue weighted by Crippen LogP contribution is -2.29. The molecule has 0 saturated carbocycles. The maximum Gasteiger partial charge on any atom is 0.331 e. The van der Waals surface area contributed by atoms with Gasteiger partial charge in [-0.05, 0) is 61.9 Å². The van der Waals surface area contributed by atoms with Gasteiger partial charge in [-0.3, -0.25) is 4.79 Å². The van der Waals surface area contributed by atoms with Crippen molar-refractivity contribution in [2.45, 2.75) is 26.4 Å². The Labute approximate surface area is 175 Å². The van der Waals surface area contributed by atoms with Crippen LogP contribution < -0.4 is 19.5 Å². The quantitative estimate of drug-likeness (QED) is 0.551. The molecule has 0 unspecified atom stereocenters. The number of amides is 1. The van der Waals surface area contributed by atoms with Crippen molar-refractivity contribution in [3.8, 4) is 17.2 Å². The monoisotopic (exact) mass is 411 g/mol. The van der Waals surface area contributed by atoms with Crippen molar-refractivity contribution in [3.05, 3.63) is 54.1 Å². The minimum atomic E-state index is -0.947. The van der Waals surface area contributed by atoms with Gasteiger partial charge in [0.25, 0.3) is 5.91 Å². The number of fused-ring (bicyclic) bond motifs is 1. The van der Waals surface area contributed by atoms with E-state index in [-0.39, 0.29) is 0 Å². The smallest absolute Gasteiger partial charge is 0.331 e. The third kappa shape index (κ3) is 6.01. The Bertz CT molecular complexity index is 906. The molecule has 0 saturated heterocycles. The molecule has 7 heteroatoms. The highest BCUT2D eigenvalue weighted by molar-refractivity contribution is 5.96. The molecule has 0 fully saturated rings. The minimum Gasteiger partial charge on any atom is -0.494 e. The third-order valence-electron chi connectivity index (χ3n) is 4.28. The van der Waals surface area contributed by atoms with Crippen LogP contribution in [0.15, 0.2) is 48.5 Å². The molecule has 0 spiro atoms. The first-order valence-corrected chi connectivity index (χ1v) is 9.87. The van der Waals surface area contributed by atoms with Crippen molar-refractivity contribution in [2.24, 2.45) is 0 Å². The number of ether oxygens (including phenoxy) is 4. The topological polar surface area (TPSA) is 83.1 Å². The van der Waals surface area contributed by atoms with Crippen LogP contribution in [0.2, 0.25) is 0 Å². The van der Waals surface area contributed by atoms with Crippen LogP contribution in [0.4, 0.5) is 5.69 Å². The number of rotatable bonds is 7. The third-order valence-corrected chi connectivity index (χ3v) is 4.28. The van der Waals surface area contributed by atoms with Gasteiger partial charge in [0, 0.05) is 18.2 Å². The molecule has 1 atom stereocenters. The van der Waals surface area contributed by atoms with E-state index < -0.39 is 18.0 Å². The van der Waals surface area contributed by atoms with Gasteiger partial charge in [-0.2, -0.15) is 0 Å². The average Bonchev–Trinajstić information content (AvgIpc) is 2.98. The lowest BCUT2D eigenvalue weighted by Gasteiger charge is -2.13. The summed E-state index contributed by atoms with van der Waals surface area (Å²) in [4.78, 5) is 24.3. The molecule has 1 aliphatic rings. The van der Waals surface area contributed by atoms with Crippen LogP contribution in [-0.2, 0) is 14.3 Å². The maximum absolute atomic E-state index is 12.3. The van der Waals surface area contributed by atoms with Gasteiger partial charge in [0.2, 0.25) is 0 Å². The Morgan fingerprint density at radius 3 is 2.57 bits per heavy atom. The zero-order chi connectivity index (χ0) is 21.3. The average molecular weight is 411 g/mol. The summed E-state index contributed by atoms with van der Waals surface area (Å²) < 4.78 is 21.8. The lowest BCUT2D eigenvalue weighted by atomic mass is 10.2. The summed E-state index contributed by atoms with van der Waals surface area (Å²) in [7, 11) is 0. The predicted molar refractivity (Wildman–Crippen MR) is 113 cm³/mol. The van der Waals surface area contributed by atoms with Crippen molar-refractivity contribution >= 4 is 23.6 Å². The molecule has 1 amide bonds. The van der Waals surface area contributed by atoms with Gasteiger partial charge in [0.05, 0.1) is 19.8 Å². The zero-order valence-electron chi connectivity index (χ0n) is 17.1. The Balaban J connectivity index is 1.52. The SMILES string of the molecule is CCOc1ccc(NC(=O)[C@@H](C)OC(=O)/C=C/c2ccc3c(c2)OCCCO3)cc1. The largest absolute Gasteiger partial charge is 0.494 e. The predicted octanol–water partition coefficient (Wildman–Crippen LogP) is 3.83. The van der Waals surface area contributed by atoms with Crippen molar-refractivity contribution in [2.75, 3.05) is 25.1 Å². The molecule has 1 N–H and O–H groups in total. The number of hydrogen-bond donors (Lipinski definition) is 1. The molecule has 1 aliphatic heterocycles. The molecule has 0 aromatic heterocycles. The van der Waals surface area contributed by atoms with E-state index in [2.05, 4.69) is 5.32 Å². The highest BCUT2D eigenvalue weighted by Crippen LogP contribution is 2.30. The van der Waals surface area contributed by atoms with Crippen LogP contribution in [0.1, 0.15) is 25.8 Å². The summed E-state index contributed by atoms with van der Waals surface area (Å²) in [5, 5.41) is 2.70. The van der Waals surface area contributed by atoms with Crippen LogP contribution in [-0.4, -0.2) is 37.8 Å². The molecule has 2 aromatic carbocycles. The van der Waals surface area contributed by atoms with E-state index in [9.17, 15) is 9.59 Å². The summed E-state index contributed by atoms with van der Waals surface area (Å²) in [6, 6.07) is 12.4. The van der Waals surface area contributed by atoms with Crippen LogP contribution in [0.5, 0.6) is 17.2 Å². The molecule has 0 radical (unpaired) electrons. The van der Waals surface area contributed by atoms with Gasteiger partial charge < -0.3 is 24.3 Å². The normalized spacial score (nSPS) is 13.9. The Morgan fingerprint density at radius 1 is 1.10 bits per heavy atom. The Kier molecular flexibility index (Phi) is 7.32. The molecule has 158 valence electrons. The van der Waals surface area contributed by atoms with E-state index in [1.807, 2.05) is 13.0 Å². The summed E-state index contributed by atoms with van der Waals surface area (Å²) in [6.07, 6.45) is 2.76. The standard InChI is InChI=1S/C23H25NO6/c1-3-27-19-9-7-18(8-10-19)24-23(26)16(2)30-22(25)12-6-17-5-11-20-21(15-17)29-14-4-13-28-20/h5-12,15-16H,3-4,13-14H2,1-2H3,(H,24,26)/b12-6+/t16-/m1/s1. The van der Waals surface area contributed by atoms with Gasteiger partial charge in [-0.15, -0.1) is 0 Å². The first-order chi connectivity index (χ1) is 14.5. The number of hydrogen-bond acceptors (Lipinski definition) is 6. The molecule has 0 bridgehead atoms. The fourth-order valence-corrected chi connectivity index (χ4v) is 2.76. The fourth-order valence-electron chi connectivity index (χ4n) is 2.76. The van der Waals surface area contributed by atoms with Crippen LogP contribution in [0.3, 0.4) is 0 Å². The van der Waals surface area contributed by atoms with Gasteiger partial charge in [-0.1, -0.05) is 6.07 Å². The van der Waals surface area contributed by atoms with E-state index in [0.717, 1.165) is 17.7 Å². The molecule has 0 aliphatic carbocycles. The van der Waals surface area contributed by atoms with Crippen LogP contribution in [0, 0.1) is 0 Å². The van der Waals surface area contributed by atoms with E-state index in [4.69, 9.17) is 18.9 Å². The van der Waals surface area contributed by atoms with E-state index in [1.54, 1.807) is 42.5 Å². The maximum atomic E-state index is 12.3. The van der Waals surface area contributed by atoms with Crippen molar-refractivity contribution in [1.29, 1.82) is 0 Å². The van der Waals surface area contributed by atoms with Crippen molar-refractivity contribution < 1.29 is 28.5 Å². The molecular weight excluding hydrogens is 386 g/mol. The van der Waals surface area contributed by atoms with Gasteiger partial charge in [0.15, 0.2) is 17.6 Å². The second-order valence-electron chi connectivity index (χ2n) is 6.62. The number of anilines is 1. The highest BCUT2D eigenvalue weighted by atomic mass is 16.5. The number of benzene rings is 2. The molecule has 1 heterocycles. The number of carbonyl (C=O) groups is 2. The van der Waals surface area contributed by atoms with Crippen molar-refractivity contribution in [3.63, 3.8) is 0 Å². The molecule has 3 rings (SSSR count). The first kappa shape index (κ1) is 21.2. The number of nitrogens with one attached hydrogen (secondary N) is 1. The Hall–Kier alpha value is -3.48. The number of esters is 1. The first-order valence-electron chi connectivity index (χ1n) is 9.87. The summed E-state index contributed by atoms with van der Waals surface area (Å²) in [5.41, 5.74) is 1.36. The second kappa shape index (κ2) is 10.3. The zero-order valence-corrected chi connectivity index (χ0v) is 17.1. The van der Waals surface area contributed by atoms with E-state index in [1.165, 1.54) is 13.0 Å². The second-order valence-corrected chi connectivity index (χ2v) is 6.62. The highest BCUT2D eigenvalue weighted by Gasteiger charge is 2.17. The van der Waals surface area contributed by atoms with E-state index in [0.29, 0.717) is 37.0 Å². The molecule has 2 aromatic rings. The van der Waals surface area contributed by atoms with E-state index >= 15 is 0 Å².